The maximum atomic E-state index is 12.9. The second-order valence-electron chi connectivity index (χ2n) is 7.78. The molecule has 0 saturated carbocycles. The van der Waals surface area contributed by atoms with Crippen LogP contribution >= 0.6 is 23.4 Å². The lowest BCUT2D eigenvalue weighted by atomic mass is 10.2. The number of hydrogen-bond donors (Lipinski definition) is 1. The molecule has 0 aliphatic carbocycles. The highest BCUT2D eigenvalue weighted by atomic mass is 35.5. The van der Waals surface area contributed by atoms with E-state index in [1.165, 1.54) is 0 Å². The Hall–Kier alpha value is -3.29. The molecule has 1 aromatic heterocycles. The van der Waals surface area contributed by atoms with Crippen molar-refractivity contribution in [2.75, 3.05) is 11.9 Å². The molecule has 1 aliphatic heterocycles. The van der Waals surface area contributed by atoms with Crippen LogP contribution in [0.25, 0.3) is 11.8 Å². The van der Waals surface area contributed by atoms with Gasteiger partial charge < -0.3 is 9.88 Å². The van der Waals surface area contributed by atoms with Crippen molar-refractivity contribution in [1.29, 1.82) is 0 Å². The van der Waals surface area contributed by atoms with Crippen LogP contribution in [0.15, 0.2) is 59.5 Å². The van der Waals surface area contributed by atoms with E-state index in [1.54, 1.807) is 30.3 Å². The maximum Gasteiger partial charge on any atom is 0.294 e. The van der Waals surface area contributed by atoms with Crippen molar-refractivity contribution < 1.29 is 14.4 Å². The van der Waals surface area contributed by atoms with Gasteiger partial charge in [0.15, 0.2) is 0 Å². The van der Waals surface area contributed by atoms with Crippen LogP contribution in [0.1, 0.15) is 22.5 Å². The van der Waals surface area contributed by atoms with Gasteiger partial charge in [-0.05, 0) is 80.1 Å². The van der Waals surface area contributed by atoms with Crippen LogP contribution in [0.5, 0.6) is 0 Å². The van der Waals surface area contributed by atoms with E-state index in [2.05, 4.69) is 9.88 Å². The molecular formula is C25H22ClN3O3S. The summed E-state index contributed by atoms with van der Waals surface area (Å²) in [5.41, 5.74) is 5.23. The maximum absolute atomic E-state index is 12.9. The van der Waals surface area contributed by atoms with Crippen molar-refractivity contribution >= 4 is 52.2 Å². The molecule has 1 fully saturated rings. The first kappa shape index (κ1) is 22.9. The summed E-state index contributed by atoms with van der Waals surface area (Å²) >= 11 is 7.14. The van der Waals surface area contributed by atoms with Crippen LogP contribution in [0.2, 0.25) is 5.02 Å². The van der Waals surface area contributed by atoms with Crippen LogP contribution in [0, 0.1) is 20.8 Å². The largest absolute Gasteiger partial charge is 0.325 e. The number of amides is 3. The number of rotatable bonds is 5. The Kier molecular flexibility index (Phi) is 6.44. The summed E-state index contributed by atoms with van der Waals surface area (Å²) in [7, 11) is 0. The molecule has 168 valence electrons. The number of imide groups is 1. The Morgan fingerprint density at radius 1 is 1.06 bits per heavy atom. The molecule has 0 radical (unpaired) electrons. The van der Waals surface area contributed by atoms with Gasteiger partial charge in [-0.25, -0.2) is 0 Å². The van der Waals surface area contributed by atoms with Crippen molar-refractivity contribution in [2.24, 2.45) is 0 Å². The Bertz CT molecular complexity index is 1300. The number of halogens is 1. The van der Waals surface area contributed by atoms with Crippen molar-refractivity contribution in [3.8, 4) is 5.69 Å². The Morgan fingerprint density at radius 2 is 1.79 bits per heavy atom. The molecule has 8 heteroatoms. The van der Waals surface area contributed by atoms with Crippen molar-refractivity contribution in [2.45, 2.75) is 20.8 Å². The molecule has 0 bridgehead atoms. The first-order chi connectivity index (χ1) is 15.7. The number of aryl methyl sites for hydroxylation is 2. The molecule has 3 amide bonds. The average molecular weight is 480 g/mol. The predicted octanol–water partition coefficient (Wildman–Crippen LogP) is 5.73. The fraction of sp³-hybridized carbons (Fsp3) is 0.160. The van der Waals surface area contributed by atoms with E-state index in [4.69, 9.17) is 11.6 Å². The molecule has 1 aliphatic rings. The summed E-state index contributed by atoms with van der Waals surface area (Å²) in [4.78, 5) is 38.9. The number of carbonyl (C=O) groups is 3. The molecule has 3 aromatic rings. The number of carbonyl (C=O) groups excluding carboxylic acids is 3. The van der Waals surface area contributed by atoms with E-state index >= 15 is 0 Å². The monoisotopic (exact) mass is 479 g/mol. The number of nitrogens with one attached hydrogen (secondary N) is 1. The lowest BCUT2D eigenvalue weighted by Gasteiger charge is -2.12. The molecule has 6 nitrogen and oxygen atoms in total. The van der Waals surface area contributed by atoms with E-state index in [0.717, 1.165) is 44.9 Å². The zero-order chi connectivity index (χ0) is 23.7. The van der Waals surface area contributed by atoms with Gasteiger partial charge in [0.25, 0.3) is 11.1 Å². The first-order valence-corrected chi connectivity index (χ1v) is 11.5. The number of para-hydroxylation sites is 1. The Balaban J connectivity index is 1.55. The van der Waals surface area contributed by atoms with Crippen LogP contribution < -0.4 is 5.32 Å². The van der Waals surface area contributed by atoms with Gasteiger partial charge in [-0.3, -0.25) is 19.3 Å². The molecule has 4 rings (SSSR count). The minimum absolute atomic E-state index is 0.287. The number of anilines is 1. The molecule has 0 spiro atoms. The fourth-order valence-corrected chi connectivity index (χ4v) is 4.70. The molecule has 33 heavy (non-hydrogen) atoms. The highest BCUT2D eigenvalue weighted by Gasteiger charge is 2.36. The van der Waals surface area contributed by atoms with Crippen LogP contribution in [0.4, 0.5) is 10.5 Å². The molecular weight excluding hydrogens is 458 g/mol. The summed E-state index contributed by atoms with van der Waals surface area (Å²) in [5, 5.41) is 2.91. The minimum Gasteiger partial charge on any atom is -0.325 e. The van der Waals surface area contributed by atoms with Crippen LogP contribution in [-0.2, 0) is 9.59 Å². The third-order valence-corrected chi connectivity index (χ3v) is 6.72. The van der Waals surface area contributed by atoms with Gasteiger partial charge >= 0.3 is 0 Å². The van der Waals surface area contributed by atoms with Gasteiger partial charge in [0.1, 0.15) is 6.54 Å². The zero-order valence-electron chi connectivity index (χ0n) is 18.4. The minimum atomic E-state index is -0.476. The molecule has 1 saturated heterocycles. The third kappa shape index (κ3) is 4.74. The zero-order valence-corrected chi connectivity index (χ0v) is 20.0. The van der Waals surface area contributed by atoms with E-state index in [0.29, 0.717) is 10.7 Å². The van der Waals surface area contributed by atoms with Gasteiger partial charge in [0.2, 0.25) is 5.91 Å². The number of aromatic nitrogens is 1. The van der Waals surface area contributed by atoms with Gasteiger partial charge in [-0.2, -0.15) is 0 Å². The topological polar surface area (TPSA) is 71.4 Å². The standard InChI is InChI=1S/C25H22ClN3O3S/c1-15-9-10-20(13-21(15)26)29-16(2)11-18(17(29)3)12-22-24(31)28(25(32)33-22)14-23(30)27-19-7-5-4-6-8-19/h4-13H,14H2,1-3H3,(H,27,30)/b22-12-. The first-order valence-electron chi connectivity index (χ1n) is 10.3. The highest BCUT2D eigenvalue weighted by molar-refractivity contribution is 8.18. The lowest BCUT2D eigenvalue weighted by molar-refractivity contribution is -0.127. The second kappa shape index (κ2) is 9.29. The number of benzene rings is 2. The second-order valence-corrected chi connectivity index (χ2v) is 9.18. The normalized spacial score (nSPS) is 14.9. The third-order valence-electron chi connectivity index (χ3n) is 5.40. The summed E-state index contributed by atoms with van der Waals surface area (Å²) in [6.45, 7) is 5.53. The highest BCUT2D eigenvalue weighted by Crippen LogP contribution is 2.34. The lowest BCUT2D eigenvalue weighted by Crippen LogP contribution is -2.36. The molecule has 0 unspecified atom stereocenters. The number of hydrogen-bond acceptors (Lipinski definition) is 4. The Morgan fingerprint density at radius 3 is 2.48 bits per heavy atom. The van der Waals surface area contributed by atoms with Crippen molar-refractivity contribution in [3.63, 3.8) is 0 Å². The summed E-state index contributed by atoms with van der Waals surface area (Å²) in [5.74, 6) is -0.907. The Labute approximate surface area is 201 Å². The molecule has 0 atom stereocenters. The van der Waals surface area contributed by atoms with E-state index < -0.39 is 17.1 Å². The SMILES string of the molecule is Cc1ccc(-n2c(C)cc(/C=C3\SC(=O)N(CC(=O)Nc4ccccc4)C3=O)c2C)cc1Cl. The average Bonchev–Trinajstić information content (AvgIpc) is 3.20. The molecule has 2 aromatic carbocycles. The van der Waals surface area contributed by atoms with E-state index in [-0.39, 0.29) is 11.4 Å². The molecule has 1 N–H and O–H groups in total. The van der Waals surface area contributed by atoms with E-state index in [9.17, 15) is 14.4 Å². The summed E-state index contributed by atoms with van der Waals surface area (Å²) < 4.78 is 2.05. The van der Waals surface area contributed by atoms with E-state index in [1.807, 2.05) is 51.1 Å². The summed E-state index contributed by atoms with van der Waals surface area (Å²) in [6.07, 6.45) is 1.70. The van der Waals surface area contributed by atoms with Gasteiger partial charge in [0, 0.05) is 27.8 Å². The number of thioether (sulfide) groups is 1. The van der Waals surface area contributed by atoms with Gasteiger partial charge in [0.05, 0.1) is 4.91 Å². The van der Waals surface area contributed by atoms with Crippen LogP contribution in [-0.4, -0.2) is 33.1 Å². The van der Waals surface area contributed by atoms with Crippen molar-refractivity contribution in [3.05, 3.63) is 87.0 Å². The van der Waals surface area contributed by atoms with Gasteiger partial charge in [-0.15, -0.1) is 0 Å². The quantitative estimate of drug-likeness (QED) is 0.474. The van der Waals surface area contributed by atoms with Gasteiger partial charge in [-0.1, -0.05) is 35.9 Å². The van der Waals surface area contributed by atoms with Crippen LogP contribution in [0.3, 0.4) is 0 Å². The van der Waals surface area contributed by atoms with Crippen molar-refractivity contribution in [1.82, 2.24) is 9.47 Å². The predicted molar refractivity (Wildman–Crippen MR) is 133 cm³/mol. The molecule has 2 heterocycles. The summed E-state index contributed by atoms with van der Waals surface area (Å²) in [6, 6.07) is 16.7. The number of nitrogens with zero attached hydrogens (tertiary/aromatic N) is 2. The fourth-order valence-electron chi connectivity index (χ4n) is 3.70. The smallest absolute Gasteiger partial charge is 0.294 e.